The van der Waals surface area contributed by atoms with E-state index in [9.17, 15) is 24.4 Å². The minimum Gasteiger partial charge on any atom is -0.426 e. The maximum absolute atomic E-state index is 13.0. The molecule has 10 heteroatoms. The van der Waals surface area contributed by atoms with Crippen molar-refractivity contribution in [2.45, 2.75) is 89.8 Å². The molecule has 3 amide bonds. The number of hydrogen-bond acceptors (Lipinski definition) is 6. The van der Waals surface area contributed by atoms with Crippen LogP contribution in [-0.4, -0.2) is 70.4 Å². The third kappa shape index (κ3) is 6.18. The molecule has 0 bridgehead atoms. The summed E-state index contributed by atoms with van der Waals surface area (Å²) in [5, 5.41) is 24.5. The van der Waals surface area contributed by atoms with Crippen LogP contribution in [0.5, 0.6) is 0 Å². The number of carbonyl (C=O) groups excluding carboxylic acids is 3. The second kappa shape index (κ2) is 11.1. The van der Waals surface area contributed by atoms with E-state index in [1.54, 1.807) is 6.92 Å². The van der Waals surface area contributed by atoms with Crippen molar-refractivity contribution in [1.82, 2.24) is 15.5 Å². The van der Waals surface area contributed by atoms with E-state index in [2.05, 4.69) is 10.6 Å². The van der Waals surface area contributed by atoms with Crippen molar-refractivity contribution in [2.75, 3.05) is 6.54 Å². The zero-order valence-electron chi connectivity index (χ0n) is 18.3. The predicted octanol–water partition coefficient (Wildman–Crippen LogP) is -0.457. The molecular weight excluding hydrogens is 387 g/mol. The first-order valence-corrected chi connectivity index (χ1v) is 11.2. The molecule has 1 saturated carbocycles. The van der Waals surface area contributed by atoms with Gasteiger partial charge in [-0.3, -0.25) is 14.4 Å². The van der Waals surface area contributed by atoms with Gasteiger partial charge in [-0.2, -0.15) is 0 Å². The van der Waals surface area contributed by atoms with Crippen LogP contribution < -0.4 is 16.4 Å². The summed E-state index contributed by atoms with van der Waals surface area (Å²) in [6.45, 7) is 5.61. The molecule has 2 rings (SSSR count). The molecular formula is C20H37BN4O5. The summed E-state index contributed by atoms with van der Waals surface area (Å²) < 4.78 is 0. The zero-order valence-corrected chi connectivity index (χ0v) is 18.3. The summed E-state index contributed by atoms with van der Waals surface area (Å²) >= 11 is 0. The SMILES string of the molecule is CC(C)C(NC(=O)[C@H](C)NC(=O)C(N)C1CCCCC1)C(=O)N1CCC[C@H]1B(O)O. The van der Waals surface area contributed by atoms with Crippen molar-refractivity contribution < 1.29 is 24.4 Å². The molecule has 4 atom stereocenters. The lowest BCUT2D eigenvalue weighted by atomic mass is 9.77. The fraction of sp³-hybridized carbons (Fsp3) is 0.850. The number of hydrogen-bond donors (Lipinski definition) is 5. The summed E-state index contributed by atoms with van der Waals surface area (Å²) in [5.74, 6) is -1.89. The van der Waals surface area contributed by atoms with Gasteiger partial charge in [0.1, 0.15) is 12.1 Å². The van der Waals surface area contributed by atoms with Gasteiger partial charge in [0.15, 0.2) is 0 Å². The van der Waals surface area contributed by atoms with Crippen LogP contribution >= 0.6 is 0 Å². The highest BCUT2D eigenvalue weighted by molar-refractivity contribution is 6.43. The molecule has 170 valence electrons. The van der Waals surface area contributed by atoms with Gasteiger partial charge in [0.2, 0.25) is 17.7 Å². The quantitative estimate of drug-likeness (QED) is 0.334. The first-order valence-electron chi connectivity index (χ1n) is 11.2. The van der Waals surface area contributed by atoms with Crippen LogP contribution in [0.3, 0.4) is 0 Å². The highest BCUT2D eigenvalue weighted by Gasteiger charge is 2.40. The van der Waals surface area contributed by atoms with Gasteiger partial charge in [-0.15, -0.1) is 0 Å². The molecule has 0 radical (unpaired) electrons. The molecule has 0 aromatic carbocycles. The molecule has 9 nitrogen and oxygen atoms in total. The fourth-order valence-corrected chi connectivity index (χ4v) is 4.43. The van der Waals surface area contributed by atoms with Gasteiger partial charge < -0.3 is 31.3 Å². The van der Waals surface area contributed by atoms with Crippen molar-refractivity contribution in [3.05, 3.63) is 0 Å². The van der Waals surface area contributed by atoms with E-state index in [0.29, 0.717) is 19.4 Å². The van der Waals surface area contributed by atoms with Crippen LogP contribution in [0, 0.1) is 11.8 Å². The highest BCUT2D eigenvalue weighted by Crippen LogP contribution is 2.25. The summed E-state index contributed by atoms with van der Waals surface area (Å²) in [6, 6.07) is -2.29. The Bertz CT molecular complexity index is 612. The van der Waals surface area contributed by atoms with Crippen LogP contribution in [0.25, 0.3) is 0 Å². The number of nitrogens with one attached hydrogen (secondary N) is 2. The van der Waals surface area contributed by atoms with E-state index in [1.807, 2.05) is 13.8 Å². The van der Waals surface area contributed by atoms with Gasteiger partial charge in [-0.05, 0) is 44.4 Å². The lowest BCUT2D eigenvalue weighted by Crippen LogP contribution is -2.59. The van der Waals surface area contributed by atoms with Crippen LogP contribution in [0.4, 0.5) is 0 Å². The maximum Gasteiger partial charge on any atom is 0.475 e. The van der Waals surface area contributed by atoms with Gasteiger partial charge in [-0.25, -0.2) is 0 Å². The average Bonchev–Trinajstić information content (AvgIpc) is 3.21. The van der Waals surface area contributed by atoms with Crippen LogP contribution in [0.15, 0.2) is 0 Å². The number of nitrogens with two attached hydrogens (primary N) is 1. The smallest absolute Gasteiger partial charge is 0.426 e. The van der Waals surface area contributed by atoms with E-state index in [4.69, 9.17) is 5.73 Å². The molecule has 1 heterocycles. The minimum atomic E-state index is -1.61. The molecule has 2 aliphatic rings. The van der Waals surface area contributed by atoms with Crippen LogP contribution in [-0.2, 0) is 14.4 Å². The van der Waals surface area contributed by atoms with E-state index in [0.717, 1.165) is 25.7 Å². The second-order valence-electron chi connectivity index (χ2n) is 9.04. The summed E-state index contributed by atoms with van der Waals surface area (Å²) in [6.07, 6.45) is 6.34. The van der Waals surface area contributed by atoms with Gasteiger partial charge >= 0.3 is 7.12 Å². The molecule has 1 saturated heterocycles. The van der Waals surface area contributed by atoms with Gasteiger partial charge in [-0.1, -0.05) is 33.1 Å². The lowest BCUT2D eigenvalue weighted by molar-refractivity contribution is -0.138. The predicted molar refractivity (Wildman–Crippen MR) is 114 cm³/mol. The third-order valence-corrected chi connectivity index (χ3v) is 6.37. The molecule has 0 spiro atoms. The van der Waals surface area contributed by atoms with Crippen molar-refractivity contribution in [2.24, 2.45) is 17.6 Å². The third-order valence-electron chi connectivity index (χ3n) is 6.37. The Hall–Kier alpha value is -1.65. The Balaban J connectivity index is 1.95. The fourth-order valence-electron chi connectivity index (χ4n) is 4.43. The number of likely N-dealkylation sites (tertiary alicyclic amines) is 1. The van der Waals surface area contributed by atoms with Crippen molar-refractivity contribution in [1.29, 1.82) is 0 Å². The van der Waals surface area contributed by atoms with Crippen molar-refractivity contribution in [3.63, 3.8) is 0 Å². The number of rotatable bonds is 8. The summed E-state index contributed by atoms with van der Waals surface area (Å²) in [4.78, 5) is 39.6. The van der Waals surface area contributed by atoms with Crippen LogP contribution in [0.2, 0.25) is 0 Å². The molecule has 6 N–H and O–H groups in total. The summed E-state index contributed by atoms with van der Waals surface area (Å²) in [5.41, 5.74) is 6.11. The van der Waals surface area contributed by atoms with Gasteiger partial charge in [0.05, 0.1) is 12.0 Å². The molecule has 0 aromatic rings. The Kier molecular flexibility index (Phi) is 9.12. The molecule has 30 heavy (non-hydrogen) atoms. The standard InChI is InChI=1S/C20H37BN4O5/c1-12(2)17(20(28)25-11-7-10-15(25)21(29)30)24-18(26)13(3)23-19(27)16(22)14-8-5-4-6-9-14/h12-17,29-30H,4-11,22H2,1-3H3,(H,23,27)(H,24,26)/t13-,15-,16?,17?/m0/s1. The van der Waals surface area contributed by atoms with E-state index in [1.165, 1.54) is 11.3 Å². The van der Waals surface area contributed by atoms with E-state index >= 15 is 0 Å². The van der Waals surface area contributed by atoms with Crippen molar-refractivity contribution in [3.8, 4) is 0 Å². The van der Waals surface area contributed by atoms with Crippen molar-refractivity contribution >= 4 is 24.8 Å². The van der Waals surface area contributed by atoms with E-state index in [-0.39, 0.29) is 23.7 Å². The van der Waals surface area contributed by atoms with Gasteiger partial charge in [0.25, 0.3) is 0 Å². The second-order valence-corrected chi connectivity index (χ2v) is 9.04. The Morgan fingerprint density at radius 2 is 1.60 bits per heavy atom. The normalized spacial score (nSPS) is 23.0. The minimum absolute atomic E-state index is 0.135. The molecule has 2 fully saturated rings. The molecule has 1 aliphatic heterocycles. The van der Waals surface area contributed by atoms with Gasteiger partial charge in [0, 0.05) is 6.54 Å². The molecule has 0 aromatic heterocycles. The topological polar surface area (TPSA) is 145 Å². The maximum atomic E-state index is 13.0. The average molecular weight is 424 g/mol. The molecule has 1 aliphatic carbocycles. The summed E-state index contributed by atoms with van der Waals surface area (Å²) in [7, 11) is -1.61. The Labute approximate surface area is 179 Å². The number of carbonyl (C=O) groups is 3. The Morgan fingerprint density at radius 1 is 0.967 bits per heavy atom. The number of nitrogens with zero attached hydrogens (tertiary/aromatic N) is 1. The lowest BCUT2D eigenvalue weighted by Gasteiger charge is -2.31. The largest absolute Gasteiger partial charge is 0.475 e. The van der Waals surface area contributed by atoms with Crippen LogP contribution in [0.1, 0.15) is 65.7 Å². The Morgan fingerprint density at radius 3 is 2.17 bits per heavy atom. The number of amides is 3. The monoisotopic (exact) mass is 424 g/mol. The first kappa shape index (κ1) is 24.6. The van der Waals surface area contributed by atoms with E-state index < -0.39 is 37.1 Å². The first-order chi connectivity index (χ1) is 14.1. The highest BCUT2D eigenvalue weighted by atomic mass is 16.4. The molecule has 2 unspecified atom stereocenters. The zero-order chi connectivity index (χ0) is 22.4.